The first-order valence-corrected chi connectivity index (χ1v) is 8.36. The number of ketones is 1. The normalized spacial score (nSPS) is 11.8. The van der Waals surface area contributed by atoms with Crippen LogP contribution in [-0.4, -0.2) is 36.5 Å². The van der Waals surface area contributed by atoms with Gasteiger partial charge in [-0.1, -0.05) is 6.07 Å². The summed E-state index contributed by atoms with van der Waals surface area (Å²) in [5.74, 6) is 0.281. The topological polar surface area (TPSA) is 62.1 Å². The van der Waals surface area contributed by atoms with Crippen molar-refractivity contribution in [1.82, 2.24) is 9.38 Å². The number of pyridine rings is 1. The van der Waals surface area contributed by atoms with Gasteiger partial charge in [0.05, 0.1) is 27.0 Å². The van der Waals surface area contributed by atoms with Crippen molar-refractivity contribution >= 4 is 17.5 Å². The van der Waals surface area contributed by atoms with Crippen LogP contribution in [0, 0.1) is 0 Å². The number of imidazole rings is 1. The SMILES string of the molecule is COc1cc(C(=O)/C=C/c2c(C(F)(F)F)nc3ccccn23)cc(OC)c1OC. The minimum atomic E-state index is -4.67. The maximum atomic E-state index is 13.4. The van der Waals surface area contributed by atoms with Gasteiger partial charge in [0.25, 0.3) is 0 Å². The number of aromatic nitrogens is 2. The highest BCUT2D eigenvalue weighted by Crippen LogP contribution is 2.38. The van der Waals surface area contributed by atoms with E-state index in [0.717, 1.165) is 12.2 Å². The zero-order valence-corrected chi connectivity index (χ0v) is 15.8. The summed E-state index contributed by atoms with van der Waals surface area (Å²) in [6, 6.07) is 7.46. The van der Waals surface area contributed by atoms with Crippen LogP contribution in [0.4, 0.5) is 13.2 Å². The molecule has 6 nitrogen and oxygen atoms in total. The Morgan fingerprint density at radius 2 is 1.72 bits per heavy atom. The van der Waals surface area contributed by atoms with Crippen LogP contribution in [0.25, 0.3) is 11.7 Å². The predicted octanol–water partition coefficient (Wildman–Crippen LogP) is 4.28. The standard InChI is InChI=1S/C20H17F3N2O4/c1-27-15-10-12(11-16(28-2)18(15)29-3)14(26)8-7-13-19(20(21,22)23)24-17-6-4-5-9-25(13)17/h4-11H,1-3H3/b8-7+. The Hall–Kier alpha value is -3.49. The molecule has 0 fully saturated rings. The Kier molecular flexibility index (Phi) is 5.49. The van der Waals surface area contributed by atoms with Crippen molar-refractivity contribution in [1.29, 1.82) is 0 Å². The fraction of sp³-hybridized carbons (Fsp3) is 0.200. The van der Waals surface area contributed by atoms with Crippen molar-refractivity contribution in [2.45, 2.75) is 6.18 Å². The van der Waals surface area contributed by atoms with Crippen molar-refractivity contribution in [2.24, 2.45) is 0 Å². The van der Waals surface area contributed by atoms with E-state index in [2.05, 4.69) is 4.98 Å². The van der Waals surface area contributed by atoms with Crippen LogP contribution in [0.3, 0.4) is 0 Å². The van der Waals surface area contributed by atoms with E-state index in [-0.39, 0.29) is 28.4 Å². The van der Waals surface area contributed by atoms with Gasteiger partial charge in [0.15, 0.2) is 23.0 Å². The van der Waals surface area contributed by atoms with Crippen LogP contribution in [-0.2, 0) is 6.18 Å². The molecule has 0 atom stereocenters. The first-order chi connectivity index (χ1) is 13.8. The van der Waals surface area contributed by atoms with E-state index in [1.807, 2.05) is 0 Å². The third kappa shape index (κ3) is 3.89. The average Bonchev–Trinajstić information content (AvgIpc) is 3.10. The number of halogens is 3. The number of benzene rings is 1. The third-order valence-corrected chi connectivity index (χ3v) is 4.18. The van der Waals surface area contributed by atoms with Crippen molar-refractivity contribution in [3.8, 4) is 17.2 Å². The lowest BCUT2D eigenvalue weighted by Crippen LogP contribution is -2.08. The molecule has 0 amide bonds. The molecular weight excluding hydrogens is 389 g/mol. The van der Waals surface area contributed by atoms with E-state index in [0.29, 0.717) is 5.75 Å². The molecule has 0 bridgehead atoms. The van der Waals surface area contributed by atoms with Gasteiger partial charge < -0.3 is 14.2 Å². The zero-order valence-electron chi connectivity index (χ0n) is 15.8. The van der Waals surface area contributed by atoms with Crippen LogP contribution < -0.4 is 14.2 Å². The number of hydrogen-bond acceptors (Lipinski definition) is 5. The number of rotatable bonds is 6. The van der Waals surface area contributed by atoms with Crippen molar-refractivity contribution < 1.29 is 32.2 Å². The first-order valence-electron chi connectivity index (χ1n) is 8.36. The number of alkyl halides is 3. The summed E-state index contributed by atoms with van der Waals surface area (Å²) in [5, 5.41) is 0. The minimum Gasteiger partial charge on any atom is -0.493 e. The molecule has 0 aliphatic heterocycles. The van der Waals surface area contributed by atoms with E-state index in [4.69, 9.17) is 14.2 Å². The van der Waals surface area contributed by atoms with E-state index in [1.165, 1.54) is 50.1 Å². The fourth-order valence-corrected chi connectivity index (χ4v) is 2.86. The number of hydrogen-bond donors (Lipinski definition) is 0. The lowest BCUT2D eigenvalue weighted by molar-refractivity contribution is -0.140. The van der Waals surface area contributed by atoms with Gasteiger partial charge in [-0.3, -0.25) is 9.20 Å². The Morgan fingerprint density at radius 1 is 1.07 bits per heavy atom. The fourth-order valence-electron chi connectivity index (χ4n) is 2.86. The molecule has 0 N–H and O–H groups in total. The predicted molar refractivity (Wildman–Crippen MR) is 99.7 cm³/mol. The molecule has 1 aromatic carbocycles. The van der Waals surface area contributed by atoms with Crippen molar-refractivity contribution in [3.05, 3.63) is 59.6 Å². The highest BCUT2D eigenvalue weighted by atomic mass is 19.4. The molecule has 0 saturated carbocycles. The number of nitrogens with zero attached hydrogens (tertiary/aromatic N) is 2. The number of ether oxygens (including phenoxy) is 3. The Morgan fingerprint density at radius 3 is 2.28 bits per heavy atom. The summed E-state index contributed by atoms with van der Waals surface area (Å²) in [4.78, 5) is 16.3. The highest BCUT2D eigenvalue weighted by Gasteiger charge is 2.37. The molecule has 0 aliphatic rings. The Labute approximate surface area is 164 Å². The maximum absolute atomic E-state index is 13.4. The van der Waals surface area contributed by atoms with E-state index in [1.54, 1.807) is 12.1 Å². The molecule has 2 aromatic heterocycles. The van der Waals surface area contributed by atoms with E-state index >= 15 is 0 Å². The van der Waals surface area contributed by atoms with Crippen LogP contribution in [0.15, 0.2) is 42.6 Å². The average molecular weight is 406 g/mol. The second kappa shape index (κ2) is 7.86. The van der Waals surface area contributed by atoms with Gasteiger partial charge in [0, 0.05) is 11.8 Å². The molecule has 0 spiro atoms. The van der Waals surface area contributed by atoms with Gasteiger partial charge in [-0.2, -0.15) is 13.2 Å². The summed E-state index contributed by atoms with van der Waals surface area (Å²) >= 11 is 0. The molecule has 0 radical (unpaired) electrons. The summed E-state index contributed by atoms with van der Waals surface area (Å²) in [6.07, 6.45) is -1.08. The van der Waals surface area contributed by atoms with Crippen LogP contribution in [0.5, 0.6) is 17.2 Å². The first kappa shape index (κ1) is 20.2. The summed E-state index contributed by atoms with van der Waals surface area (Å²) in [6.45, 7) is 0. The molecule has 2 heterocycles. The van der Waals surface area contributed by atoms with Gasteiger partial charge in [-0.05, 0) is 36.4 Å². The molecule has 0 aliphatic carbocycles. The van der Waals surface area contributed by atoms with Crippen LogP contribution in [0.1, 0.15) is 21.7 Å². The molecule has 3 aromatic rings. The lowest BCUT2D eigenvalue weighted by Gasteiger charge is -2.13. The van der Waals surface area contributed by atoms with Gasteiger partial charge in [0.2, 0.25) is 5.75 Å². The van der Waals surface area contributed by atoms with Gasteiger partial charge >= 0.3 is 6.18 Å². The van der Waals surface area contributed by atoms with E-state index < -0.39 is 17.7 Å². The van der Waals surface area contributed by atoms with Crippen LogP contribution >= 0.6 is 0 Å². The van der Waals surface area contributed by atoms with Gasteiger partial charge in [0.1, 0.15) is 5.65 Å². The molecule has 3 rings (SSSR count). The Balaban J connectivity index is 2.04. The molecule has 152 valence electrons. The van der Waals surface area contributed by atoms with Crippen molar-refractivity contribution in [2.75, 3.05) is 21.3 Å². The second-order valence-corrected chi connectivity index (χ2v) is 5.88. The van der Waals surface area contributed by atoms with E-state index in [9.17, 15) is 18.0 Å². The molecule has 9 heteroatoms. The van der Waals surface area contributed by atoms with Gasteiger partial charge in [-0.15, -0.1) is 0 Å². The Bertz CT molecular complexity index is 1060. The number of methoxy groups -OCH3 is 3. The minimum absolute atomic E-state index is 0.125. The zero-order chi connectivity index (χ0) is 21.2. The molecule has 29 heavy (non-hydrogen) atoms. The molecule has 0 unspecified atom stereocenters. The summed E-state index contributed by atoms with van der Waals surface area (Å²) in [5.41, 5.74) is -1.02. The second-order valence-electron chi connectivity index (χ2n) is 5.88. The largest absolute Gasteiger partial charge is 0.493 e. The smallest absolute Gasteiger partial charge is 0.435 e. The number of fused-ring (bicyclic) bond motifs is 1. The third-order valence-electron chi connectivity index (χ3n) is 4.18. The lowest BCUT2D eigenvalue weighted by atomic mass is 10.1. The highest BCUT2D eigenvalue weighted by molar-refractivity contribution is 6.07. The maximum Gasteiger partial charge on any atom is 0.435 e. The molecule has 0 saturated heterocycles. The number of carbonyl (C=O) groups excluding carboxylic acids is 1. The summed E-state index contributed by atoms with van der Waals surface area (Å²) in [7, 11) is 4.22. The van der Waals surface area contributed by atoms with Gasteiger partial charge in [-0.25, -0.2) is 4.98 Å². The number of allylic oxidation sites excluding steroid dienone is 1. The monoisotopic (exact) mass is 406 g/mol. The van der Waals surface area contributed by atoms with Crippen molar-refractivity contribution in [3.63, 3.8) is 0 Å². The molecular formula is C20H17F3N2O4. The quantitative estimate of drug-likeness (QED) is 0.452. The number of carbonyl (C=O) groups is 1. The summed E-state index contributed by atoms with van der Waals surface area (Å²) < 4.78 is 57.0. The van der Waals surface area contributed by atoms with Crippen LogP contribution in [0.2, 0.25) is 0 Å².